The molecule has 0 atom stereocenters. The van der Waals surface area contributed by atoms with E-state index in [0.717, 1.165) is 9.26 Å². The Bertz CT molecular complexity index is 619. The van der Waals surface area contributed by atoms with Gasteiger partial charge in [0.05, 0.1) is 5.02 Å². The van der Waals surface area contributed by atoms with E-state index in [1.54, 1.807) is 12.1 Å². The van der Waals surface area contributed by atoms with Crippen LogP contribution in [0.15, 0.2) is 30.3 Å². The third-order valence-electron chi connectivity index (χ3n) is 2.51. The minimum Gasteiger partial charge on any atom is -0.506 e. The first-order valence-corrected chi connectivity index (χ1v) is 7.54. The molecule has 0 aliphatic heterocycles. The highest BCUT2D eigenvalue weighted by Gasteiger charge is 2.08. The normalized spacial score (nSPS) is 10.5. The SMILES string of the molecule is Oc1c(Cl)cc(Cl)cc1CNc1ccc(Cl)cc1I. The van der Waals surface area contributed by atoms with Crippen LogP contribution < -0.4 is 5.32 Å². The summed E-state index contributed by atoms with van der Waals surface area (Å²) >= 11 is 19.9. The predicted octanol–water partition coefficient (Wildman–Crippen LogP) is 5.57. The van der Waals surface area contributed by atoms with E-state index in [4.69, 9.17) is 34.8 Å². The molecular weight excluding hydrogens is 419 g/mol. The summed E-state index contributed by atoms with van der Waals surface area (Å²) in [7, 11) is 0. The lowest BCUT2D eigenvalue weighted by atomic mass is 10.2. The van der Waals surface area contributed by atoms with Crippen LogP contribution in [-0.4, -0.2) is 5.11 Å². The number of benzene rings is 2. The number of rotatable bonds is 3. The Kier molecular flexibility index (Phi) is 5.06. The van der Waals surface area contributed by atoms with Crippen molar-refractivity contribution in [2.45, 2.75) is 6.54 Å². The Morgan fingerprint density at radius 1 is 1.05 bits per heavy atom. The van der Waals surface area contributed by atoms with Crippen LogP contribution in [0, 0.1) is 3.57 Å². The third-order valence-corrected chi connectivity index (χ3v) is 4.14. The lowest BCUT2D eigenvalue weighted by Crippen LogP contribution is -2.01. The predicted molar refractivity (Wildman–Crippen MR) is 89.6 cm³/mol. The minimum atomic E-state index is 0.0440. The summed E-state index contributed by atoms with van der Waals surface area (Å²) in [6, 6.07) is 8.73. The lowest BCUT2D eigenvalue weighted by molar-refractivity contribution is 0.469. The molecule has 2 aromatic rings. The van der Waals surface area contributed by atoms with Crippen LogP contribution in [0.25, 0.3) is 0 Å². The first-order chi connectivity index (χ1) is 8.97. The van der Waals surface area contributed by atoms with Gasteiger partial charge in [-0.1, -0.05) is 34.8 Å². The Morgan fingerprint density at radius 2 is 1.79 bits per heavy atom. The van der Waals surface area contributed by atoms with Gasteiger partial charge in [-0.2, -0.15) is 0 Å². The van der Waals surface area contributed by atoms with Crippen molar-refractivity contribution in [1.29, 1.82) is 0 Å². The molecule has 0 radical (unpaired) electrons. The molecule has 0 saturated carbocycles. The highest BCUT2D eigenvalue weighted by atomic mass is 127. The van der Waals surface area contributed by atoms with E-state index in [1.807, 2.05) is 12.1 Å². The van der Waals surface area contributed by atoms with E-state index >= 15 is 0 Å². The molecule has 100 valence electrons. The van der Waals surface area contributed by atoms with E-state index in [9.17, 15) is 5.11 Å². The molecule has 0 aliphatic carbocycles. The number of hydrogen-bond acceptors (Lipinski definition) is 2. The highest BCUT2D eigenvalue weighted by molar-refractivity contribution is 14.1. The number of halogens is 4. The smallest absolute Gasteiger partial charge is 0.139 e. The summed E-state index contributed by atoms with van der Waals surface area (Å²) in [5, 5.41) is 14.5. The van der Waals surface area contributed by atoms with Crippen molar-refractivity contribution in [3.8, 4) is 5.75 Å². The third kappa shape index (κ3) is 3.81. The molecule has 0 aromatic heterocycles. The van der Waals surface area contributed by atoms with E-state index in [-0.39, 0.29) is 10.8 Å². The molecule has 2 N–H and O–H groups in total. The van der Waals surface area contributed by atoms with Gasteiger partial charge in [-0.25, -0.2) is 0 Å². The summed E-state index contributed by atoms with van der Waals surface area (Å²) in [6.07, 6.45) is 0. The quantitative estimate of drug-likeness (QED) is 0.627. The van der Waals surface area contributed by atoms with Gasteiger partial charge in [0, 0.05) is 31.4 Å². The van der Waals surface area contributed by atoms with Crippen LogP contribution in [-0.2, 0) is 6.54 Å². The molecule has 0 fully saturated rings. The second kappa shape index (κ2) is 6.39. The first-order valence-electron chi connectivity index (χ1n) is 5.33. The van der Waals surface area contributed by atoms with Gasteiger partial charge in [-0.3, -0.25) is 0 Å². The topological polar surface area (TPSA) is 32.3 Å². The van der Waals surface area contributed by atoms with Gasteiger partial charge in [0.1, 0.15) is 5.75 Å². The number of anilines is 1. The number of phenolic OH excluding ortho intramolecular Hbond substituents is 1. The summed E-state index contributed by atoms with van der Waals surface area (Å²) in [4.78, 5) is 0. The van der Waals surface area contributed by atoms with Crippen molar-refractivity contribution in [1.82, 2.24) is 0 Å². The van der Waals surface area contributed by atoms with Gasteiger partial charge in [0.15, 0.2) is 0 Å². The molecule has 0 saturated heterocycles. The molecular formula is C13H9Cl3INO. The van der Waals surface area contributed by atoms with E-state index < -0.39 is 0 Å². The van der Waals surface area contributed by atoms with E-state index in [0.29, 0.717) is 22.2 Å². The van der Waals surface area contributed by atoms with E-state index in [2.05, 4.69) is 27.9 Å². The van der Waals surface area contributed by atoms with Gasteiger partial charge >= 0.3 is 0 Å². The molecule has 2 rings (SSSR count). The van der Waals surface area contributed by atoms with E-state index in [1.165, 1.54) is 6.07 Å². The number of phenols is 1. The van der Waals surface area contributed by atoms with Crippen LogP contribution in [0.3, 0.4) is 0 Å². The number of hydrogen-bond donors (Lipinski definition) is 2. The molecule has 2 nitrogen and oxygen atoms in total. The maximum Gasteiger partial charge on any atom is 0.139 e. The van der Waals surface area contributed by atoms with Gasteiger partial charge in [-0.05, 0) is 52.9 Å². The van der Waals surface area contributed by atoms with Crippen molar-refractivity contribution in [3.63, 3.8) is 0 Å². The van der Waals surface area contributed by atoms with Gasteiger partial charge < -0.3 is 10.4 Å². The monoisotopic (exact) mass is 427 g/mol. The molecule has 0 unspecified atom stereocenters. The Morgan fingerprint density at radius 3 is 2.47 bits per heavy atom. The summed E-state index contributed by atoms with van der Waals surface area (Å²) < 4.78 is 0.998. The number of nitrogens with one attached hydrogen (secondary N) is 1. The molecule has 0 spiro atoms. The zero-order chi connectivity index (χ0) is 14.0. The van der Waals surface area contributed by atoms with Crippen molar-refractivity contribution in [2.75, 3.05) is 5.32 Å². The zero-order valence-electron chi connectivity index (χ0n) is 9.55. The van der Waals surface area contributed by atoms with Crippen LogP contribution >= 0.6 is 57.4 Å². The van der Waals surface area contributed by atoms with Crippen molar-refractivity contribution in [2.24, 2.45) is 0 Å². The van der Waals surface area contributed by atoms with Crippen LogP contribution in [0.1, 0.15) is 5.56 Å². The molecule has 0 bridgehead atoms. The van der Waals surface area contributed by atoms with Crippen LogP contribution in [0.2, 0.25) is 15.1 Å². The van der Waals surface area contributed by atoms with Gasteiger partial charge in [-0.15, -0.1) is 0 Å². The zero-order valence-corrected chi connectivity index (χ0v) is 14.0. The fraction of sp³-hybridized carbons (Fsp3) is 0.0769. The highest BCUT2D eigenvalue weighted by Crippen LogP contribution is 2.32. The lowest BCUT2D eigenvalue weighted by Gasteiger charge is -2.11. The van der Waals surface area contributed by atoms with Crippen molar-refractivity contribution < 1.29 is 5.11 Å². The Labute approximate surface area is 139 Å². The molecule has 6 heteroatoms. The maximum atomic E-state index is 9.86. The molecule has 0 aliphatic rings. The first kappa shape index (κ1) is 15.0. The summed E-state index contributed by atoms with van der Waals surface area (Å²) in [5.74, 6) is 0.0440. The fourth-order valence-corrected chi connectivity index (χ4v) is 3.18. The largest absolute Gasteiger partial charge is 0.506 e. The van der Waals surface area contributed by atoms with Crippen molar-refractivity contribution >= 4 is 63.1 Å². The molecule has 0 amide bonds. The average Bonchev–Trinajstić information content (AvgIpc) is 2.33. The fourth-order valence-electron chi connectivity index (χ4n) is 1.58. The Hall–Kier alpha value is -0.360. The van der Waals surface area contributed by atoms with Crippen LogP contribution in [0.5, 0.6) is 5.75 Å². The van der Waals surface area contributed by atoms with Crippen LogP contribution in [0.4, 0.5) is 5.69 Å². The molecule has 0 heterocycles. The second-order valence-electron chi connectivity index (χ2n) is 3.87. The number of aromatic hydroxyl groups is 1. The minimum absolute atomic E-state index is 0.0440. The summed E-state index contributed by atoms with van der Waals surface area (Å²) in [6.45, 7) is 0.420. The second-order valence-corrected chi connectivity index (χ2v) is 6.32. The maximum absolute atomic E-state index is 9.86. The Balaban J connectivity index is 2.19. The average molecular weight is 428 g/mol. The van der Waals surface area contributed by atoms with Gasteiger partial charge in [0.2, 0.25) is 0 Å². The standard InChI is InChI=1S/C13H9Cl3INO/c14-8-1-2-12(11(17)5-8)18-6-7-3-9(15)4-10(16)13(7)19/h1-5,18-19H,6H2. The van der Waals surface area contributed by atoms with Crippen molar-refractivity contribution in [3.05, 3.63) is 54.5 Å². The van der Waals surface area contributed by atoms with Gasteiger partial charge in [0.25, 0.3) is 0 Å². The summed E-state index contributed by atoms with van der Waals surface area (Å²) in [5.41, 5.74) is 1.57. The molecule has 19 heavy (non-hydrogen) atoms. The molecule has 2 aromatic carbocycles.